The van der Waals surface area contributed by atoms with Crippen molar-refractivity contribution in [1.29, 1.82) is 0 Å². The Morgan fingerprint density at radius 1 is 1.43 bits per heavy atom. The lowest BCUT2D eigenvalue weighted by atomic mass is 10.1. The molecule has 124 valence electrons. The van der Waals surface area contributed by atoms with Crippen molar-refractivity contribution in [3.63, 3.8) is 0 Å². The van der Waals surface area contributed by atoms with E-state index in [-0.39, 0.29) is 16.8 Å². The molecule has 1 aliphatic rings. The average Bonchev–Trinajstić information content (AvgIpc) is 2.82. The highest BCUT2D eigenvalue weighted by Gasteiger charge is 2.33. The summed E-state index contributed by atoms with van der Waals surface area (Å²) < 4.78 is 38.3. The molecule has 0 bridgehead atoms. The molecular weight excluding hydrogens is 327 g/mol. The Morgan fingerprint density at radius 3 is 2.83 bits per heavy atom. The minimum atomic E-state index is -4.49. The topological polar surface area (TPSA) is 59.2 Å². The fraction of sp³-hybridized carbons (Fsp3) is 0.467. The number of likely N-dealkylation sites (tertiary alicyclic amines) is 1. The Bertz CT molecular complexity index is 756. The van der Waals surface area contributed by atoms with Gasteiger partial charge in [-0.1, -0.05) is 0 Å². The maximum Gasteiger partial charge on any atom is 0.433 e. The third kappa shape index (κ3) is 3.05. The summed E-state index contributed by atoms with van der Waals surface area (Å²) in [5.74, 6) is -0.172. The summed E-state index contributed by atoms with van der Waals surface area (Å²) >= 11 is 1.01. The quantitative estimate of drug-likeness (QED) is 0.865. The first-order chi connectivity index (χ1) is 10.8. The van der Waals surface area contributed by atoms with Crippen molar-refractivity contribution in [1.82, 2.24) is 9.88 Å². The number of nitrogens with zero attached hydrogens (tertiary/aromatic N) is 2. The number of carbonyl (C=O) groups excluding carboxylic acids is 1. The highest BCUT2D eigenvalue weighted by atomic mass is 32.1. The number of carbonyl (C=O) groups is 1. The zero-order valence-electron chi connectivity index (χ0n) is 12.5. The highest BCUT2D eigenvalue weighted by Crippen LogP contribution is 2.34. The van der Waals surface area contributed by atoms with Gasteiger partial charge in [0.2, 0.25) is 0 Å². The molecule has 0 aliphatic carbocycles. The van der Waals surface area contributed by atoms with Crippen molar-refractivity contribution in [2.75, 3.05) is 13.1 Å². The molecule has 8 heteroatoms. The first kappa shape index (κ1) is 16.2. The van der Waals surface area contributed by atoms with Gasteiger partial charge in [0, 0.05) is 24.5 Å². The average molecular weight is 343 g/mol. The van der Waals surface area contributed by atoms with E-state index in [9.17, 15) is 18.0 Å². The van der Waals surface area contributed by atoms with E-state index in [1.54, 1.807) is 11.8 Å². The minimum absolute atomic E-state index is 0.0441. The predicted molar refractivity (Wildman–Crippen MR) is 82.5 cm³/mol. The van der Waals surface area contributed by atoms with Crippen molar-refractivity contribution < 1.29 is 18.0 Å². The summed E-state index contributed by atoms with van der Waals surface area (Å²) in [6.45, 7) is 2.85. The molecule has 2 aromatic heterocycles. The van der Waals surface area contributed by atoms with Crippen molar-refractivity contribution in [2.45, 2.75) is 32.0 Å². The van der Waals surface area contributed by atoms with E-state index in [0.717, 1.165) is 30.2 Å². The third-order valence-electron chi connectivity index (χ3n) is 4.03. The standard InChI is InChI=1S/C15H16F3N3OS/c1-8-10-4-5-11(15(16,17)18)20-13(10)23-12(8)14(22)21-6-2-3-9(19)7-21/h4-5,9H,2-3,6-7,19H2,1H3. The molecule has 0 aromatic carbocycles. The Balaban J connectivity index is 1.98. The number of rotatable bonds is 1. The molecule has 1 amide bonds. The number of fused-ring (bicyclic) bond motifs is 1. The van der Waals surface area contributed by atoms with Gasteiger partial charge >= 0.3 is 6.18 Å². The van der Waals surface area contributed by atoms with Crippen molar-refractivity contribution in [3.8, 4) is 0 Å². The smallest absolute Gasteiger partial charge is 0.336 e. The molecule has 0 saturated carbocycles. The van der Waals surface area contributed by atoms with Gasteiger partial charge < -0.3 is 10.6 Å². The van der Waals surface area contributed by atoms with Crippen LogP contribution < -0.4 is 5.73 Å². The van der Waals surface area contributed by atoms with Crippen LogP contribution in [0.2, 0.25) is 0 Å². The number of thiophene rings is 1. The van der Waals surface area contributed by atoms with E-state index in [1.807, 2.05) is 0 Å². The Morgan fingerprint density at radius 2 is 2.17 bits per heavy atom. The van der Waals surface area contributed by atoms with E-state index in [0.29, 0.717) is 28.9 Å². The molecule has 23 heavy (non-hydrogen) atoms. The van der Waals surface area contributed by atoms with E-state index in [1.165, 1.54) is 6.07 Å². The number of aryl methyl sites for hydroxylation is 1. The number of aromatic nitrogens is 1. The van der Waals surface area contributed by atoms with Crippen LogP contribution in [0.1, 0.15) is 33.8 Å². The van der Waals surface area contributed by atoms with Crippen molar-refractivity contribution in [2.24, 2.45) is 5.73 Å². The van der Waals surface area contributed by atoms with Gasteiger partial charge in [-0.15, -0.1) is 11.3 Å². The first-order valence-corrected chi connectivity index (χ1v) is 8.11. The summed E-state index contributed by atoms with van der Waals surface area (Å²) in [5.41, 5.74) is 5.63. The number of halogens is 3. The fourth-order valence-corrected chi connectivity index (χ4v) is 3.95. The summed E-state index contributed by atoms with van der Waals surface area (Å²) in [4.78, 5) is 18.7. The van der Waals surface area contributed by atoms with Gasteiger partial charge in [0.1, 0.15) is 10.5 Å². The maximum atomic E-state index is 12.8. The molecule has 0 spiro atoms. The molecule has 1 atom stereocenters. The maximum absolute atomic E-state index is 12.8. The Kier molecular flexibility index (Phi) is 4.05. The van der Waals surface area contributed by atoms with E-state index in [2.05, 4.69) is 4.98 Å². The Labute approximate surface area is 135 Å². The molecule has 0 radical (unpaired) electrons. The summed E-state index contributed by atoms with van der Waals surface area (Å²) in [5, 5.41) is 0.590. The molecular formula is C15H16F3N3OS. The van der Waals surface area contributed by atoms with Crippen LogP contribution in [0, 0.1) is 6.92 Å². The lowest BCUT2D eigenvalue weighted by Gasteiger charge is -2.30. The number of alkyl halides is 3. The lowest BCUT2D eigenvalue weighted by Crippen LogP contribution is -2.45. The molecule has 1 fully saturated rings. The second-order valence-corrected chi connectivity index (χ2v) is 6.76. The van der Waals surface area contributed by atoms with Gasteiger partial charge in [-0.05, 0) is 37.5 Å². The van der Waals surface area contributed by atoms with Crippen LogP contribution in [0.25, 0.3) is 10.2 Å². The van der Waals surface area contributed by atoms with Gasteiger partial charge in [0.15, 0.2) is 0 Å². The Hall–Kier alpha value is -1.67. The number of pyridine rings is 1. The predicted octanol–water partition coefficient (Wildman–Crippen LogP) is 3.19. The normalized spacial score (nSPS) is 19.3. The van der Waals surface area contributed by atoms with Crippen LogP contribution in [0.15, 0.2) is 12.1 Å². The fourth-order valence-electron chi connectivity index (χ4n) is 2.80. The number of amides is 1. The number of hydrogen-bond acceptors (Lipinski definition) is 4. The molecule has 2 N–H and O–H groups in total. The van der Waals surface area contributed by atoms with Crippen molar-refractivity contribution >= 4 is 27.5 Å². The van der Waals surface area contributed by atoms with E-state index in [4.69, 9.17) is 5.73 Å². The number of piperidine rings is 1. The van der Waals surface area contributed by atoms with Crippen LogP contribution in [0.4, 0.5) is 13.2 Å². The van der Waals surface area contributed by atoms with Gasteiger partial charge in [-0.3, -0.25) is 4.79 Å². The summed E-state index contributed by atoms with van der Waals surface area (Å²) in [7, 11) is 0. The van der Waals surface area contributed by atoms with Crippen molar-refractivity contribution in [3.05, 3.63) is 28.3 Å². The van der Waals surface area contributed by atoms with Crippen LogP contribution in [0.3, 0.4) is 0 Å². The zero-order valence-corrected chi connectivity index (χ0v) is 13.3. The van der Waals surface area contributed by atoms with Gasteiger partial charge in [0.05, 0.1) is 4.88 Å². The molecule has 2 aromatic rings. The molecule has 1 saturated heterocycles. The van der Waals surface area contributed by atoms with Crippen LogP contribution in [-0.4, -0.2) is 34.9 Å². The third-order valence-corrected chi connectivity index (χ3v) is 5.22. The molecule has 1 aliphatic heterocycles. The SMILES string of the molecule is Cc1c(C(=O)N2CCCC(N)C2)sc2nc(C(F)(F)F)ccc12. The monoisotopic (exact) mass is 343 g/mol. The van der Waals surface area contributed by atoms with Crippen LogP contribution in [0.5, 0.6) is 0 Å². The zero-order chi connectivity index (χ0) is 16.8. The van der Waals surface area contributed by atoms with Crippen LogP contribution >= 0.6 is 11.3 Å². The first-order valence-electron chi connectivity index (χ1n) is 7.29. The minimum Gasteiger partial charge on any atom is -0.336 e. The molecule has 1 unspecified atom stereocenters. The summed E-state index contributed by atoms with van der Waals surface area (Å²) in [6.07, 6.45) is -2.77. The number of nitrogens with two attached hydrogens (primary N) is 1. The second kappa shape index (κ2) is 5.76. The molecule has 4 nitrogen and oxygen atoms in total. The van der Waals surface area contributed by atoms with E-state index < -0.39 is 11.9 Å². The number of hydrogen-bond donors (Lipinski definition) is 1. The lowest BCUT2D eigenvalue weighted by molar-refractivity contribution is -0.140. The molecule has 3 rings (SSSR count). The molecule has 3 heterocycles. The largest absolute Gasteiger partial charge is 0.433 e. The van der Waals surface area contributed by atoms with Crippen LogP contribution in [-0.2, 0) is 6.18 Å². The van der Waals surface area contributed by atoms with E-state index >= 15 is 0 Å². The van der Waals surface area contributed by atoms with Gasteiger partial charge in [-0.25, -0.2) is 4.98 Å². The highest BCUT2D eigenvalue weighted by molar-refractivity contribution is 7.20. The second-order valence-electron chi connectivity index (χ2n) is 5.76. The van der Waals surface area contributed by atoms with Gasteiger partial charge in [-0.2, -0.15) is 13.2 Å². The van der Waals surface area contributed by atoms with Gasteiger partial charge in [0.25, 0.3) is 5.91 Å². The summed E-state index contributed by atoms with van der Waals surface area (Å²) in [6, 6.07) is 2.29.